The van der Waals surface area contributed by atoms with Crippen molar-refractivity contribution in [1.82, 2.24) is 4.90 Å². The highest BCUT2D eigenvalue weighted by molar-refractivity contribution is 8.02. The van der Waals surface area contributed by atoms with E-state index in [2.05, 4.69) is 4.74 Å². The summed E-state index contributed by atoms with van der Waals surface area (Å²) in [5, 5.41) is 0.0346. The van der Waals surface area contributed by atoms with Crippen LogP contribution in [0.3, 0.4) is 0 Å². The lowest BCUT2D eigenvalue weighted by Crippen LogP contribution is -2.30. The molecule has 1 saturated heterocycles. The molecular weight excluding hydrogens is 302 g/mol. The second-order valence-electron chi connectivity index (χ2n) is 4.83. The molecule has 6 nitrogen and oxygen atoms in total. The van der Waals surface area contributed by atoms with Crippen LogP contribution in [0.2, 0.25) is 0 Å². The first-order chi connectivity index (χ1) is 9.34. The van der Waals surface area contributed by atoms with Crippen molar-refractivity contribution in [3.8, 4) is 0 Å². The Balaban J connectivity index is 2.20. The SMILES string of the molecule is COC(=O)CCCN(C)C(=O)CSC1CCS(=O)(=O)C1. The number of esters is 1. The third-order valence-electron chi connectivity index (χ3n) is 3.16. The second kappa shape index (κ2) is 7.87. The van der Waals surface area contributed by atoms with Crippen molar-refractivity contribution >= 4 is 33.5 Å². The van der Waals surface area contributed by atoms with E-state index in [-0.39, 0.29) is 34.4 Å². The molecule has 1 fully saturated rings. The summed E-state index contributed by atoms with van der Waals surface area (Å²) in [6.07, 6.45) is 1.49. The van der Waals surface area contributed by atoms with Crippen LogP contribution in [-0.2, 0) is 24.2 Å². The number of sulfone groups is 1. The quantitative estimate of drug-likeness (QED) is 0.628. The van der Waals surface area contributed by atoms with E-state index in [9.17, 15) is 18.0 Å². The van der Waals surface area contributed by atoms with Gasteiger partial charge >= 0.3 is 5.97 Å². The minimum absolute atomic E-state index is 0.0346. The first-order valence-corrected chi connectivity index (χ1v) is 9.34. The summed E-state index contributed by atoms with van der Waals surface area (Å²) in [5.74, 6) is 0.375. The zero-order valence-corrected chi connectivity index (χ0v) is 13.5. The summed E-state index contributed by atoms with van der Waals surface area (Å²) in [7, 11) is 0.136. The standard InChI is InChI=1S/C12H21NO5S2/c1-13(6-3-4-12(15)18-2)11(14)8-19-10-5-7-20(16,17)9-10/h10H,3-9H2,1-2H3. The molecule has 1 amide bonds. The minimum Gasteiger partial charge on any atom is -0.469 e. The normalized spacial score (nSPS) is 20.6. The number of hydrogen-bond donors (Lipinski definition) is 0. The van der Waals surface area contributed by atoms with E-state index in [1.165, 1.54) is 18.9 Å². The molecule has 8 heteroatoms. The van der Waals surface area contributed by atoms with Crippen molar-refractivity contribution < 1.29 is 22.7 Å². The highest BCUT2D eigenvalue weighted by Gasteiger charge is 2.28. The molecule has 0 N–H and O–H groups in total. The smallest absolute Gasteiger partial charge is 0.305 e. The molecule has 0 aromatic carbocycles. The molecule has 0 spiro atoms. The van der Waals surface area contributed by atoms with Crippen molar-refractivity contribution in [2.45, 2.75) is 24.5 Å². The second-order valence-corrected chi connectivity index (χ2v) is 8.35. The highest BCUT2D eigenvalue weighted by atomic mass is 32.2. The molecule has 0 aliphatic carbocycles. The molecular formula is C12H21NO5S2. The van der Waals surface area contributed by atoms with Gasteiger partial charge in [0.05, 0.1) is 24.4 Å². The fraction of sp³-hybridized carbons (Fsp3) is 0.833. The van der Waals surface area contributed by atoms with Gasteiger partial charge in [0.2, 0.25) is 5.91 Å². The van der Waals surface area contributed by atoms with Crippen molar-refractivity contribution in [2.75, 3.05) is 38.0 Å². The van der Waals surface area contributed by atoms with Crippen molar-refractivity contribution in [3.63, 3.8) is 0 Å². The summed E-state index contributed by atoms with van der Waals surface area (Å²) in [6, 6.07) is 0. The van der Waals surface area contributed by atoms with Gasteiger partial charge in [-0.3, -0.25) is 9.59 Å². The summed E-state index contributed by atoms with van der Waals surface area (Å²) in [5.41, 5.74) is 0. The van der Waals surface area contributed by atoms with E-state index in [0.717, 1.165) is 0 Å². The first-order valence-electron chi connectivity index (χ1n) is 6.47. The van der Waals surface area contributed by atoms with Gasteiger partial charge in [0.15, 0.2) is 9.84 Å². The van der Waals surface area contributed by atoms with Gasteiger partial charge < -0.3 is 9.64 Å². The van der Waals surface area contributed by atoms with Gasteiger partial charge in [0.1, 0.15) is 0 Å². The van der Waals surface area contributed by atoms with Gasteiger partial charge in [0.25, 0.3) is 0 Å². The Hall–Kier alpha value is -0.760. The van der Waals surface area contributed by atoms with Gasteiger partial charge in [-0.05, 0) is 12.8 Å². The van der Waals surface area contributed by atoms with Gasteiger partial charge in [-0.2, -0.15) is 0 Å². The van der Waals surface area contributed by atoms with Gasteiger partial charge in [-0.1, -0.05) is 0 Å². The number of amides is 1. The number of nitrogens with zero attached hydrogens (tertiary/aromatic N) is 1. The molecule has 116 valence electrons. The Kier molecular flexibility index (Phi) is 6.81. The monoisotopic (exact) mass is 323 g/mol. The van der Waals surface area contributed by atoms with Crippen LogP contribution >= 0.6 is 11.8 Å². The van der Waals surface area contributed by atoms with E-state index >= 15 is 0 Å². The minimum atomic E-state index is -2.89. The first kappa shape index (κ1) is 17.3. The summed E-state index contributed by atoms with van der Waals surface area (Å²) < 4.78 is 27.1. The Morgan fingerprint density at radius 1 is 1.40 bits per heavy atom. The third-order valence-corrected chi connectivity index (χ3v) is 6.43. The van der Waals surface area contributed by atoms with Crippen LogP contribution in [-0.4, -0.2) is 68.4 Å². The number of carbonyl (C=O) groups excluding carboxylic acids is 2. The van der Waals surface area contributed by atoms with Crippen LogP contribution < -0.4 is 0 Å². The zero-order valence-electron chi connectivity index (χ0n) is 11.8. The number of hydrogen-bond acceptors (Lipinski definition) is 6. The Morgan fingerprint density at radius 3 is 2.65 bits per heavy atom. The molecule has 1 atom stereocenters. The van der Waals surface area contributed by atoms with E-state index < -0.39 is 9.84 Å². The zero-order chi connectivity index (χ0) is 15.2. The molecule has 0 aromatic rings. The maximum Gasteiger partial charge on any atom is 0.305 e. The number of ether oxygens (including phenoxy) is 1. The van der Waals surface area contributed by atoms with Crippen LogP contribution in [0.25, 0.3) is 0 Å². The lowest BCUT2D eigenvalue weighted by Gasteiger charge is -2.17. The van der Waals surface area contributed by atoms with E-state index in [0.29, 0.717) is 25.8 Å². The van der Waals surface area contributed by atoms with Gasteiger partial charge in [-0.25, -0.2) is 8.42 Å². The fourth-order valence-corrected chi connectivity index (χ4v) is 5.46. The van der Waals surface area contributed by atoms with Crippen LogP contribution in [0.5, 0.6) is 0 Å². The fourth-order valence-electron chi connectivity index (χ4n) is 1.88. The molecule has 0 radical (unpaired) electrons. The topological polar surface area (TPSA) is 80.8 Å². The average molecular weight is 323 g/mol. The molecule has 0 aromatic heterocycles. The van der Waals surface area contributed by atoms with Crippen molar-refractivity contribution in [3.05, 3.63) is 0 Å². The lowest BCUT2D eigenvalue weighted by molar-refractivity contribution is -0.141. The lowest BCUT2D eigenvalue weighted by atomic mass is 10.3. The summed E-state index contributed by atoms with van der Waals surface area (Å²) in [4.78, 5) is 24.4. The van der Waals surface area contributed by atoms with Crippen LogP contribution in [0, 0.1) is 0 Å². The molecule has 1 rings (SSSR count). The number of carbonyl (C=O) groups is 2. The predicted molar refractivity (Wildman–Crippen MR) is 78.4 cm³/mol. The number of methoxy groups -OCH3 is 1. The molecule has 1 aliphatic heterocycles. The molecule has 0 saturated carbocycles. The number of thioether (sulfide) groups is 1. The number of rotatable bonds is 7. The highest BCUT2D eigenvalue weighted by Crippen LogP contribution is 2.24. The van der Waals surface area contributed by atoms with Crippen LogP contribution in [0.4, 0.5) is 0 Å². The van der Waals surface area contributed by atoms with Crippen LogP contribution in [0.15, 0.2) is 0 Å². The molecule has 1 aliphatic rings. The molecule has 1 unspecified atom stereocenters. The summed E-state index contributed by atoms with van der Waals surface area (Å²) >= 11 is 1.41. The van der Waals surface area contributed by atoms with E-state index in [1.807, 2.05) is 0 Å². The average Bonchev–Trinajstić information content (AvgIpc) is 2.75. The Morgan fingerprint density at radius 2 is 2.10 bits per heavy atom. The van der Waals surface area contributed by atoms with Gasteiger partial charge in [-0.15, -0.1) is 11.8 Å². The van der Waals surface area contributed by atoms with E-state index in [1.54, 1.807) is 11.9 Å². The molecule has 1 heterocycles. The maximum absolute atomic E-state index is 11.8. The maximum atomic E-state index is 11.8. The van der Waals surface area contributed by atoms with Crippen molar-refractivity contribution in [1.29, 1.82) is 0 Å². The van der Waals surface area contributed by atoms with Crippen LogP contribution in [0.1, 0.15) is 19.3 Å². The third kappa shape index (κ3) is 6.13. The Labute approximate surface area is 124 Å². The molecule has 0 bridgehead atoms. The largest absolute Gasteiger partial charge is 0.469 e. The summed E-state index contributed by atoms with van der Waals surface area (Å²) in [6.45, 7) is 0.497. The molecule has 20 heavy (non-hydrogen) atoms. The Bertz CT molecular complexity index is 449. The van der Waals surface area contributed by atoms with E-state index in [4.69, 9.17) is 0 Å². The van der Waals surface area contributed by atoms with Crippen molar-refractivity contribution in [2.24, 2.45) is 0 Å². The van der Waals surface area contributed by atoms with Gasteiger partial charge in [0, 0.05) is 25.3 Å². The predicted octanol–water partition coefficient (Wildman–Crippen LogP) is 0.318.